The fourth-order valence-electron chi connectivity index (χ4n) is 6.40. The maximum Gasteiger partial charge on any atom is 0.322 e. The van der Waals surface area contributed by atoms with Crippen LogP contribution in [0.5, 0.6) is 0 Å². The van der Waals surface area contributed by atoms with Crippen molar-refractivity contribution in [2.24, 2.45) is 44.2 Å². The molecule has 30 nitrogen and oxygen atoms in total. The van der Waals surface area contributed by atoms with Crippen LogP contribution in [0.1, 0.15) is 90.4 Å². The topological polar surface area (TPSA) is 510 Å². The number of hydrogen-bond donors (Lipinski definition) is 11. The quantitative estimate of drug-likeness (QED) is 0.0257. The largest absolute Gasteiger partial charge is 0.480 e. The lowest BCUT2D eigenvalue weighted by Crippen LogP contribution is -2.47. The second-order valence-corrected chi connectivity index (χ2v) is 16.0. The summed E-state index contributed by atoms with van der Waals surface area (Å²) in [4.78, 5) is 99.1. The number of carbonyl (C=O) groups excluding carboxylic acids is 4. The number of urea groups is 1. The molecule has 8 atom stereocenters. The third-order valence-corrected chi connectivity index (χ3v) is 10.5. The van der Waals surface area contributed by atoms with Crippen molar-refractivity contribution in [3.05, 3.63) is 31.3 Å². The average molecular weight is 969 g/mol. The summed E-state index contributed by atoms with van der Waals surface area (Å²) in [6.07, 6.45) is 8.49. The van der Waals surface area contributed by atoms with E-state index >= 15 is 0 Å². The molecule has 0 saturated carbocycles. The van der Waals surface area contributed by atoms with Gasteiger partial charge in [0.15, 0.2) is 0 Å². The first-order chi connectivity index (χ1) is 32.2. The van der Waals surface area contributed by atoms with Crippen LogP contribution < -0.4 is 38.9 Å². The van der Waals surface area contributed by atoms with Crippen LogP contribution in [0.15, 0.2) is 15.3 Å². The van der Waals surface area contributed by atoms with Crippen molar-refractivity contribution in [3.63, 3.8) is 0 Å². The first-order valence-corrected chi connectivity index (χ1v) is 22.1. The smallest absolute Gasteiger partial charge is 0.322 e. The molecule has 382 valence electrons. The minimum atomic E-state index is -1.17. The lowest BCUT2D eigenvalue weighted by Gasteiger charge is -2.17. The number of azide groups is 3. The summed E-state index contributed by atoms with van der Waals surface area (Å²) in [5.74, 6) is -4.27. The van der Waals surface area contributed by atoms with Crippen molar-refractivity contribution < 1.29 is 58.8 Å². The standard InChI is InChI=1S/C12H23NO3.C10H17N5O3.2C8H14N6O3/c1-2-3-7-10(14)8-5-4-6-9-11(13)12(15)16;11-8(10(17)18)1-2-9(16)15-4-3-7(6-15)5-13-14-12;9-5(8(16)17)3-12-7(15)6-1-4(2-11-6)13-14-10;9-6(7(15)16)3-11-8(17)14-2-1-5(4-14)12-13-10/h11H,2-9,13H2,1H3,(H,15,16);7-8H,1-6,11H2,(H,17,18);4-6,11H,1-3,9H2,(H,12,15)(H,16,17);5-6H,1-4,9H2,(H,11,17)(H,15,16)/t11-;7?,8-;4?,5-,6?;5?,6-/m0000/s1. The Morgan fingerprint density at radius 2 is 1.24 bits per heavy atom. The highest BCUT2D eigenvalue weighted by molar-refractivity contribution is 5.83. The monoisotopic (exact) mass is 969 g/mol. The second kappa shape index (κ2) is 35.7. The Morgan fingerprint density at radius 1 is 0.676 bits per heavy atom. The highest BCUT2D eigenvalue weighted by atomic mass is 16.4. The number of carboxylic acid groups (broad SMARTS) is 4. The van der Waals surface area contributed by atoms with Crippen LogP contribution in [0, 0.1) is 5.92 Å². The van der Waals surface area contributed by atoms with Crippen molar-refractivity contribution in [2.75, 3.05) is 52.4 Å². The molecule has 4 unspecified atom stereocenters. The van der Waals surface area contributed by atoms with E-state index in [1.807, 2.05) is 0 Å². The van der Waals surface area contributed by atoms with Crippen LogP contribution in [0.4, 0.5) is 4.79 Å². The summed E-state index contributed by atoms with van der Waals surface area (Å²) < 4.78 is 0. The molecule has 3 aliphatic rings. The molecular weight excluding hydrogens is 901 g/mol. The summed E-state index contributed by atoms with van der Waals surface area (Å²) in [6.45, 7) is 4.68. The number of nitrogens with one attached hydrogen (secondary N) is 3. The number of carbonyl (C=O) groups is 8. The van der Waals surface area contributed by atoms with E-state index in [1.165, 1.54) is 4.90 Å². The Balaban J connectivity index is 0.000000881. The molecule has 3 saturated heterocycles. The lowest BCUT2D eigenvalue weighted by molar-refractivity contribution is -0.140. The predicted molar refractivity (Wildman–Crippen MR) is 243 cm³/mol. The number of amides is 4. The Kier molecular flexibility index (Phi) is 32.2. The molecule has 30 heteroatoms. The first-order valence-electron chi connectivity index (χ1n) is 22.1. The van der Waals surface area contributed by atoms with Crippen molar-refractivity contribution in [2.45, 2.75) is 133 Å². The molecule has 68 heavy (non-hydrogen) atoms. The van der Waals surface area contributed by atoms with Crippen molar-refractivity contribution >= 4 is 47.5 Å². The molecule has 0 spiro atoms. The molecule has 3 fully saturated rings. The van der Waals surface area contributed by atoms with Gasteiger partial charge in [0.05, 0.1) is 18.1 Å². The molecule has 0 aromatic carbocycles. The number of rotatable bonds is 25. The Hall–Kier alpha value is -6.51. The van der Waals surface area contributed by atoms with Crippen LogP contribution in [0.3, 0.4) is 0 Å². The maximum atomic E-state index is 11.8. The first kappa shape index (κ1) is 61.5. The van der Waals surface area contributed by atoms with Gasteiger partial charge in [0, 0.05) is 86.4 Å². The third kappa shape index (κ3) is 27.8. The van der Waals surface area contributed by atoms with Crippen molar-refractivity contribution in [1.29, 1.82) is 0 Å². The fraction of sp³-hybridized carbons (Fsp3) is 0.789. The van der Waals surface area contributed by atoms with E-state index in [0.29, 0.717) is 77.2 Å². The van der Waals surface area contributed by atoms with E-state index in [2.05, 4.69) is 53.0 Å². The minimum absolute atomic E-state index is 0.0878. The van der Waals surface area contributed by atoms with Gasteiger partial charge < -0.3 is 69.1 Å². The van der Waals surface area contributed by atoms with E-state index in [9.17, 15) is 38.4 Å². The third-order valence-electron chi connectivity index (χ3n) is 10.5. The summed E-state index contributed by atoms with van der Waals surface area (Å²) in [5.41, 5.74) is 45.9. The molecule has 0 aromatic rings. The molecule has 0 bridgehead atoms. The van der Waals surface area contributed by atoms with Crippen LogP contribution in [-0.4, -0.2) is 172 Å². The van der Waals surface area contributed by atoms with Crippen LogP contribution in [-0.2, 0) is 33.6 Å². The van der Waals surface area contributed by atoms with E-state index in [1.54, 1.807) is 4.90 Å². The average Bonchev–Trinajstić information content (AvgIpc) is 4.10. The van der Waals surface area contributed by atoms with Gasteiger partial charge in [0.2, 0.25) is 11.8 Å². The number of nitrogens with two attached hydrogens (primary N) is 4. The summed E-state index contributed by atoms with van der Waals surface area (Å²) in [7, 11) is 0. The van der Waals surface area contributed by atoms with Crippen LogP contribution >= 0.6 is 0 Å². The van der Waals surface area contributed by atoms with E-state index < -0.39 is 60.1 Å². The molecule has 0 radical (unpaired) electrons. The van der Waals surface area contributed by atoms with Gasteiger partial charge in [-0.2, -0.15) is 0 Å². The lowest BCUT2D eigenvalue weighted by atomic mass is 10.0. The molecule has 4 amide bonds. The fourth-order valence-corrected chi connectivity index (χ4v) is 6.40. The van der Waals surface area contributed by atoms with Gasteiger partial charge in [-0.25, -0.2) is 4.79 Å². The Bertz CT molecular complexity index is 1720. The number of aliphatic carboxylic acids is 4. The highest BCUT2D eigenvalue weighted by Gasteiger charge is 2.30. The second-order valence-electron chi connectivity index (χ2n) is 16.0. The van der Waals surface area contributed by atoms with Gasteiger partial charge in [0.1, 0.15) is 30.0 Å². The van der Waals surface area contributed by atoms with Crippen molar-refractivity contribution in [3.8, 4) is 0 Å². The number of ketones is 1. The zero-order valence-corrected chi connectivity index (χ0v) is 38.3. The number of unbranched alkanes of at least 4 members (excludes halogenated alkanes) is 3. The SMILES string of the molecule is CCCCC(=O)CCCCC[C@H](N)C(=O)O.[N-]=[N+]=NC1CCN(C(=O)NC[C@H](N)C(=O)O)C1.[N-]=[N+]=NC1CNC(C(=O)NC[C@H](N)C(=O)O)C1.[N-]=[N+]=NCC1CCN(C(=O)CC[C@H](N)C(=O)O)C1. The Morgan fingerprint density at radius 3 is 1.81 bits per heavy atom. The molecular formula is C38H68N18O12. The van der Waals surface area contributed by atoms with Crippen molar-refractivity contribution in [1.82, 2.24) is 25.8 Å². The molecule has 3 heterocycles. The zero-order chi connectivity index (χ0) is 51.6. The van der Waals surface area contributed by atoms with Gasteiger partial charge >= 0.3 is 29.9 Å². The van der Waals surface area contributed by atoms with Gasteiger partial charge in [-0.1, -0.05) is 41.5 Å². The molecule has 3 aliphatic heterocycles. The molecule has 0 aliphatic carbocycles. The summed E-state index contributed by atoms with van der Waals surface area (Å²) >= 11 is 0. The Labute approximate surface area is 392 Å². The highest BCUT2D eigenvalue weighted by Crippen LogP contribution is 2.18. The van der Waals surface area contributed by atoms with Gasteiger partial charge in [-0.05, 0) is 67.5 Å². The van der Waals surface area contributed by atoms with E-state index in [-0.39, 0.29) is 55.7 Å². The molecule has 3 rings (SSSR count). The number of likely N-dealkylation sites (tertiary alicyclic amines) is 2. The van der Waals surface area contributed by atoms with Gasteiger partial charge in [-0.15, -0.1) is 0 Å². The summed E-state index contributed by atoms with van der Waals surface area (Å²) in [5, 5.41) is 52.4. The number of nitrogens with zero attached hydrogens (tertiary/aromatic N) is 11. The number of Topliss-reactive ketones (excluding diaryl/α,β-unsaturated/α-hetero) is 1. The number of carboxylic acids is 4. The minimum Gasteiger partial charge on any atom is -0.480 e. The normalized spacial score (nSPS) is 19.6. The number of hydrogen-bond acceptors (Lipinski definition) is 16. The summed E-state index contributed by atoms with van der Waals surface area (Å²) in [6, 6.07) is -5.29. The van der Waals surface area contributed by atoms with E-state index in [0.717, 1.165) is 38.5 Å². The van der Waals surface area contributed by atoms with Crippen LogP contribution in [0.25, 0.3) is 31.3 Å². The molecule has 0 aromatic heterocycles. The van der Waals surface area contributed by atoms with Gasteiger partial charge in [-0.3, -0.25) is 33.6 Å². The predicted octanol–water partition coefficient (Wildman–Crippen LogP) is 0.493. The van der Waals surface area contributed by atoms with Gasteiger partial charge in [0.25, 0.3) is 0 Å². The molecule has 15 N–H and O–H groups in total. The maximum absolute atomic E-state index is 11.8. The zero-order valence-electron chi connectivity index (χ0n) is 38.3. The van der Waals surface area contributed by atoms with E-state index in [4.69, 9.17) is 60.0 Å². The van der Waals surface area contributed by atoms with Crippen LogP contribution in [0.2, 0.25) is 0 Å².